The molecule has 0 bridgehead atoms. The van der Waals surface area contributed by atoms with Crippen molar-refractivity contribution in [2.75, 3.05) is 6.79 Å². The van der Waals surface area contributed by atoms with Crippen LogP contribution in [0.5, 0.6) is 17.2 Å². The van der Waals surface area contributed by atoms with Crippen molar-refractivity contribution < 1.29 is 19.4 Å². The average molecular weight is 310 g/mol. The number of rotatable bonds is 3. The number of fused-ring (bicyclic) bond motifs is 1. The number of ether oxygens (including phenoxy) is 2. The fourth-order valence-corrected chi connectivity index (χ4v) is 2.84. The number of hydrogen-bond acceptors (Lipinski definition) is 5. The second-order valence-electron chi connectivity index (χ2n) is 5.41. The Hall–Kier alpha value is -3.02. The number of carbonyl (C=O) groups is 1. The zero-order valence-electron chi connectivity index (χ0n) is 12.2. The van der Waals surface area contributed by atoms with Crippen molar-refractivity contribution in [3.05, 3.63) is 53.6 Å². The van der Waals surface area contributed by atoms with Crippen LogP contribution in [0.3, 0.4) is 0 Å². The largest absolute Gasteiger partial charge is 0.508 e. The third kappa shape index (κ3) is 2.38. The van der Waals surface area contributed by atoms with E-state index in [4.69, 9.17) is 9.47 Å². The van der Waals surface area contributed by atoms with Crippen molar-refractivity contribution in [3.63, 3.8) is 0 Å². The monoisotopic (exact) mass is 310 g/mol. The third-order valence-electron chi connectivity index (χ3n) is 4.03. The molecule has 0 radical (unpaired) electrons. The minimum atomic E-state index is -0.175. The molecule has 23 heavy (non-hydrogen) atoms. The zero-order valence-corrected chi connectivity index (χ0v) is 12.2. The van der Waals surface area contributed by atoms with Gasteiger partial charge < -0.3 is 14.6 Å². The summed E-state index contributed by atoms with van der Waals surface area (Å²) in [6.45, 7) is 0.218. The van der Waals surface area contributed by atoms with Crippen molar-refractivity contribution in [2.45, 2.75) is 12.5 Å². The van der Waals surface area contributed by atoms with E-state index in [1.54, 1.807) is 24.3 Å². The van der Waals surface area contributed by atoms with Crippen LogP contribution < -0.4 is 9.47 Å². The van der Waals surface area contributed by atoms with Gasteiger partial charge in [0.05, 0.1) is 11.8 Å². The lowest BCUT2D eigenvalue weighted by Gasteiger charge is -2.17. The van der Waals surface area contributed by atoms with Gasteiger partial charge in [-0.1, -0.05) is 6.07 Å². The van der Waals surface area contributed by atoms with Gasteiger partial charge in [0.2, 0.25) is 13.2 Å². The van der Waals surface area contributed by atoms with Gasteiger partial charge in [-0.3, -0.25) is 4.79 Å². The Morgan fingerprint density at radius 1 is 1.13 bits per heavy atom. The summed E-state index contributed by atoms with van der Waals surface area (Å²) in [4.78, 5) is 11.4. The molecule has 2 aromatic carbocycles. The van der Waals surface area contributed by atoms with Crippen molar-refractivity contribution >= 4 is 12.1 Å². The lowest BCUT2D eigenvalue weighted by Crippen LogP contribution is -2.17. The first kappa shape index (κ1) is 13.6. The summed E-state index contributed by atoms with van der Waals surface area (Å²) in [5, 5.41) is 15.2. The van der Waals surface area contributed by atoms with Gasteiger partial charge in [-0.25, -0.2) is 5.01 Å². The number of benzene rings is 2. The van der Waals surface area contributed by atoms with E-state index in [9.17, 15) is 9.90 Å². The van der Waals surface area contributed by atoms with Gasteiger partial charge in [-0.05, 0) is 47.5 Å². The molecule has 1 amide bonds. The van der Waals surface area contributed by atoms with Gasteiger partial charge in [0.15, 0.2) is 11.5 Å². The first-order chi connectivity index (χ1) is 11.2. The fourth-order valence-electron chi connectivity index (χ4n) is 2.84. The highest BCUT2D eigenvalue weighted by Crippen LogP contribution is 2.38. The summed E-state index contributed by atoms with van der Waals surface area (Å²) < 4.78 is 10.7. The van der Waals surface area contributed by atoms with Crippen LogP contribution in [0.2, 0.25) is 0 Å². The molecule has 4 rings (SSSR count). The predicted molar refractivity (Wildman–Crippen MR) is 82.5 cm³/mol. The first-order valence-electron chi connectivity index (χ1n) is 7.24. The predicted octanol–water partition coefficient (Wildman–Crippen LogP) is 2.43. The average Bonchev–Trinajstić information content (AvgIpc) is 3.21. The molecule has 1 N–H and O–H groups in total. The van der Waals surface area contributed by atoms with E-state index < -0.39 is 0 Å². The lowest BCUT2D eigenvalue weighted by atomic mass is 9.98. The summed E-state index contributed by atoms with van der Waals surface area (Å²) in [5.74, 6) is 1.60. The molecule has 2 aliphatic heterocycles. The molecule has 0 unspecified atom stereocenters. The van der Waals surface area contributed by atoms with E-state index in [1.165, 1.54) is 5.01 Å². The summed E-state index contributed by atoms with van der Waals surface area (Å²) >= 11 is 0. The molecule has 0 saturated heterocycles. The molecular weight excluding hydrogens is 296 g/mol. The van der Waals surface area contributed by atoms with Crippen molar-refractivity contribution in [1.29, 1.82) is 0 Å². The van der Waals surface area contributed by atoms with E-state index in [0.29, 0.717) is 17.9 Å². The van der Waals surface area contributed by atoms with E-state index >= 15 is 0 Å². The van der Waals surface area contributed by atoms with Gasteiger partial charge in [0, 0.05) is 6.42 Å². The molecule has 2 aromatic rings. The number of amides is 1. The van der Waals surface area contributed by atoms with Crippen LogP contribution in [0.1, 0.15) is 23.6 Å². The highest BCUT2D eigenvalue weighted by atomic mass is 16.7. The molecule has 2 heterocycles. The molecule has 0 aromatic heterocycles. The summed E-state index contributed by atoms with van der Waals surface area (Å²) in [6, 6.07) is 12.3. The van der Waals surface area contributed by atoms with Gasteiger partial charge in [0.25, 0.3) is 0 Å². The molecule has 2 aliphatic rings. The van der Waals surface area contributed by atoms with Crippen LogP contribution in [0, 0.1) is 0 Å². The van der Waals surface area contributed by atoms with Gasteiger partial charge in [-0.15, -0.1) is 0 Å². The minimum absolute atomic E-state index is 0.175. The quantitative estimate of drug-likeness (QED) is 0.884. The number of phenolic OH excluding ortho intramolecular Hbond substituents is 1. The molecule has 116 valence electrons. The molecule has 0 fully saturated rings. The van der Waals surface area contributed by atoms with Crippen molar-refractivity contribution in [3.8, 4) is 17.2 Å². The van der Waals surface area contributed by atoms with Gasteiger partial charge in [-0.2, -0.15) is 5.10 Å². The first-order valence-corrected chi connectivity index (χ1v) is 7.24. The summed E-state index contributed by atoms with van der Waals surface area (Å²) in [6.07, 6.45) is 1.33. The summed E-state index contributed by atoms with van der Waals surface area (Å²) in [5.41, 5.74) is 2.64. The number of nitrogens with zero attached hydrogens (tertiary/aromatic N) is 2. The number of hydrazone groups is 1. The molecule has 1 atom stereocenters. The van der Waals surface area contributed by atoms with Gasteiger partial charge >= 0.3 is 0 Å². The number of aromatic hydroxyl groups is 1. The van der Waals surface area contributed by atoms with Crippen molar-refractivity contribution in [2.24, 2.45) is 5.10 Å². The maximum Gasteiger partial charge on any atom is 0.231 e. The molecule has 0 spiro atoms. The topological polar surface area (TPSA) is 71.4 Å². The van der Waals surface area contributed by atoms with Crippen LogP contribution >= 0.6 is 0 Å². The molecule has 6 nitrogen and oxygen atoms in total. The van der Waals surface area contributed by atoms with E-state index in [-0.39, 0.29) is 18.6 Å². The highest BCUT2D eigenvalue weighted by molar-refractivity contribution is 6.02. The second kappa shape index (κ2) is 5.31. The van der Waals surface area contributed by atoms with Crippen LogP contribution in [0.25, 0.3) is 0 Å². The SMILES string of the molecule is O=CN1N=C(c2ccc(O)cc2)C[C@@H]1c1ccc2c(c1)OCO2. The standard InChI is InChI=1S/C17H14N2O4/c20-9-19-15(12-3-6-16-17(7-12)23-10-22-16)8-14(18-19)11-1-4-13(21)5-2-11/h1-7,9,15,21H,8,10H2/t15-/m1/s1. The zero-order chi connectivity index (χ0) is 15.8. The Balaban J connectivity index is 1.63. The number of hydrogen-bond donors (Lipinski definition) is 1. The number of carbonyl (C=O) groups excluding carboxylic acids is 1. The molecular formula is C17H14N2O4. The van der Waals surface area contributed by atoms with Crippen LogP contribution in [0.15, 0.2) is 47.6 Å². The number of phenols is 1. The van der Waals surface area contributed by atoms with Crippen LogP contribution in [0.4, 0.5) is 0 Å². The van der Waals surface area contributed by atoms with Gasteiger partial charge in [0.1, 0.15) is 5.75 Å². The normalized spacial score (nSPS) is 18.9. The Bertz CT molecular complexity index is 786. The lowest BCUT2D eigenvalue weighted by molar-refractivity contribution is -0.119. The Morgan fingerprint density at radius 3 is 2.70 bits per heavy atom. The minimum Gasteiger partial charge on any atom is -0.508 e. The highest BCUT2D eigenvalue weighted by Gasteiger charge is 2.29. The Morgan fingerprint density at radius 2 is 1.91 bits per heavy atom. The van der Waals surface area contributed by atoms with Crippen LogP contribution in [-0.4, -0.2) is 29.0 Å². The Labute approximate surface area is 132 Å². The van der Waals surface area contributed by atoms with E-state index in [1.807, 2.05) is 18.2 Å². The fraction of sp³-hybridized carbons (Fsp3) is 0.176. The van der Waals surface area contributed by atoms with E-state index in [0.717, 1.165) is 23.2 Å². The second-order valence-corrected chi connectivity index (χ2v) is 5.41. The molecule has 0 aliphatic carbocycles. The van der Waals surface area contributed by atoms with E-state index in [2.05, 4.69) is 5.10 Å². The smallest absolute Gasteiger partial charge is 0.231 e. The maximum absolute atomic E-state index is 11.4. The maximum atomic E-state index is 11.4. The molecule has 6 heteroatoms. The van der Waals surface area contributed by atoms with Crippen LogP contribution in [-0.2, 0) is 4.79 Å². The Kier molecular flexibility index (Phi) is 3.15. The van der Waals surface area contributed by atoms with Crippen molar-refractivity contribution in [1.82, 2.24) is 5.01 Å². The third-order valence-corrected chi connectivity index (χ3v) is 4.03. The molecule has 0 saturated carbocycles. The summed E-state index contributed by atoms with van der Waals surface area (Å²) in [7, 11) is 0.